The number of amides is 1. The Labute approximate surface area is 188 Å². The van der Waals surface area contributed by atoms with Gasteiger partial charge in [0.15, 0.2) is 11.6 Å². The van der Waals surface area contributed by atoms with Gasteiger partial charge in [-0.1, -0.05) is 0 Å². The van der Waals surface area contributed by atoms with Crippen molar-refractivity contribution in [3.8, 4) is 17.4 Å². The van der Waals surface area contributed by atoms with Crippen molar-refractivity contribution in [1.82, 2.24) is 24.8 Å². The number of benzene rings is 1. The Morgan fingerprint density at radius 3 is 2.84 bits per heavy atom. The summed E-state index contributed by atoms with van der Waals surface area (Å²) in [5, 5.41) is 7.65. The van der Waals surface area contributed by atoms with Crippen molar-refractivity contribution in [2.45, 2.75) is 25.9 Å². The summed E-state index contributed by atoms with van der Waals surface area (Å²) in [5.74, 6) is 0.706. The molecule has 0 radical (unpaired) electrons. The molecule has 0 saturated heterocycles. The van der Waals surface area contributed by atoms with E-state index in [2.05, 4.69) is 24.6 Å². The summed E-state index contributed by atoms with van der Waals surface area (Å²) in [6.07, 6.45) is 2.45. The first-order valence-electron chi connectivity index (χ1n) is 9.71. The molecule has 2 N–H and O–H groups in total. The predicted octanol–water partition coefficient (Wildman–Crippen LogP) is 4.25. The molecule has 9 nitrogen and oxygen atoms in total. The summed E-state index contributed by atoms with van der Waals surface area (Å²) in [6, 6.07) is 10.1. The molecule has 32 heavy (non-hydrogen) atoms. The molecule has 4 rings (SSSR count). The molecule has 166 valence electrons. The number of halogens is 1. The number of carbonyl (C=O) groups excluding carboxylic acids is 1. The van der Waals surface area contributed by atoms with Crippen LogP contribution in [-0.2, 0) is 12.1 Å². The first kappa shape index (κ1) is 21.8. The molecule has 11 heteroatoms. The van der Waals surface area contributed by atoms with Gasteiger partial charge in [-0.3, -0.25) is 9.62 Å². The molecule has 0 atom stereocenters. The zero-order chi connectivity index (χ0) is 22.7. The Kier molecular flexibility index (Phi) is 6.10. The van der Waals surface area contributed by atoms with E-state index in [9.17, 15) is 9.18 Å². The SMILES string of the molecule is CNSNc1nccc(CN2C(=O)Oc3cc(Oc4cccnn4)ccc3C2(C)C)c1F. The first-order valence-corrected chi connectivity index (χ1v) is 10.5. The minimum Gasteiger partial charge on any atom is -0.437 e. The van der Waals surface area contributed by atoms with Gasteiger partial charge in [-0.05, 0) is 45.2 Å². The molecular weight excluding hydrogens is 435 g/mol. The maximum absolute atomic E-state index is 14.9. The van der Waals surface area contributed by atoms with Crippen molar-refractivity contribution in [2.24, 2.45) is 0 Å². The lowest BCUT2D eigenvalue weighted by molar-refractivity contribution is 0.0735. The third kappa shape index (κ3) is 4.30. The van der Waals surface area contributed by atoms with E-state index in [0.717, 1.165) is 17.7 Å². The van der Waals surface area contributed by atoms with Crippen molar-refractivity contribution >= 4 is 24.0 Å². The topological polar surface area (TPSA) is 102 Å². The minimum atomic E-state index is -0.765. The molecule has 1 aliphatic heterocycles. The summed E-state index contributed by atoms with van der Waals surface area (Å²) in [5.41, 5.74) is 0.316. The standard InChI is InChI=1S/C21H21FN6O3S/c1-21(2)15-7-6-14(30-17-5-4-9-25-26-17)11-16(15)31-20(29)28(21)12-13-8-10-24-19(18(13)22)27-32-23-3/h4-11,23H,12H2,1-3H3,(H,24,27). The molecule has 3 aromatic rings. The first-order chi connectivity index (χ1) is 15.4. The second kappa shape index (κ2) is 8.97. The van der Waals surface area contributed by atoms with Gasteiger partial charge in [0, 0.05) is 47.8 Å². The number of hydrogen-bond acceptors (Lipinski definition) is 9. The normalized spacial score (nSPS) is 14.5. The van der Waals surface area contributed by atoms with Gasteiger partial charge in [0.25, 0.3) is 0 Å². The number of carbonyl (C=O) groups is 1. The summed E-state index contributed by atoms with van der Waals surface area (Å²) in [4.78, 5) is 18.4. The van der Waals surface area contributed by atoms with Crippen LogP contribution in [0, 0.1) is 5.82 Å². The quantitative estimate of drug-likeness (QED) is 0.505. The summed E-state index contributed by atoms with van der Waals surface area (Å²) in [7, 11) is 1.70. The van der Waals surface area contributed by atoms with Crippen LogP contribution in [0.1, 0.15) is 25.0 Å². The molecule has 0 aliphatic carbocycles. The number of fused-ring (bicyclic) bond motifs is 1. The van der Waals surface area contributed by atoms with Gasteiger partial charge in [-0.2, -0.15) is 5.10 Å². The zero-order valence-corrected chi connectivity index (χ0v) is 18.4. The van der Waals surface area contributed by atoms with Gasteiger partial charge in [0.05, 0.1) is 12.1 Å². The van der Waals surface area contributed by atoms with Crippen LogP contribution >= 0.6 is 12.1 Å². The number of aromatic nitrogens is 3. The second-order valence-electron chi connectivity index (χ2n) is 7.38. The minimum absolute atomic E-state index is 0.0103. The lowest BCUT2D eigenvalue weighted by Gasteiger charge is -2.42. The Bertz CT molecular complexity index is 1130. The molecule has 0 spiro atoms. The Morgan fingerprint density at radius 2 is 2.09 bits per heavy atom. The van der Waals surface area contributed by atoms with Crippen molar-refractivity contribution in [1.29, 1.82) is 0 Å². The fraction of sp³-hybridized carbons (Fsp3) is 0.238. The Balaban J connectivity index is 1.59. The lowest BCUT2D eigenvalue weighted by atomic mass is 9.89. The molecule has 0 unspecified atom stereocenters. The van der Waals surface area contributed by atoms with E-state index in [1.807, 2.05) is 19.9 Å². The maximum atomic E-state index is 14.9. The molecular formula is C21H21FN6O3S. The van der Waals surface area contributed by atoms with E-state index in [0.29, 0.717) is 22.9 Å². The number of hydrogen-bond donors (Lipinski definition) is 2. The van der Waals surface area contributed by atoms with Crippen LogP contribution in [0.25, 0.3) is 0 Å². The Morgan fingerprint density at radius 1 is 1.25 bits per heavy atom. The molecule has 0 fully saturated rings. The van der Waals surface area contributed by atoms with Gasteiger partial charge >= 0.3 is 6.09 Å². The Hall–Kier alpha value is -3.44. The monoisotopic (exact) mass is 456 g/mol. The maximum Gasteiger partial charge on any atom is 0.416 e. The van der Waals surface area contributed by atoms with Crippen LogP contribution in [-0.4, -0.2) is 33.2 Å². The highest BCUT2D eigenvalue weighted by atomic mass is 32.2. The fourth-order valence-electron chi connectivity index (χ4n) is 3.35. The lowest BCUT2D eigenvalue weighted by Crippen LogP contribution is -2.50. The molecule has 0 saturated carbocycles. The second-order valence-corrected chi connectivity index (χ2v) is 8.19. The molecule has 2 aromatic heterocycles. The average molecular weight is 457 g/mol. The van der Waals surface area contributed by atoms with Crippen LogP contribution in [0.5, 0.6) is 17.4 Å². The highest BCUT2D eigenvalue weighted by Crippen LogP contribution is 2.42. The third-order valence-electron chi connectivity index (χ3n) is 5.02. The molecule has 3 heterocycles. The van der Waals surface area contributed by atoms with Crippen LogP contribution in [0.2, 0.25) is 0 Å². The van der Waals surface area contributed by atoms with Crippen LogP contribution in [0.4, 0.5) is 15.0 Å². The zero-order valence-electron chi connectivity index (χ0n) is 17.6. The third-order valence-corrected chi connectivity index (χ3v) is 5.52. The molecule has 1 aromatic carbocycles. The van der Waals surface area contributed by atoms with Crippen molar-refractivity contribution in [2.75, 3.05) is 11.8 Å². The fourth-order valence-corrected chi connectivity index (χ4v) is 3.69. The van der Waals surface area contributed by atoms with Gasteiger partial charge in [-0.25, -0.2) is 18.9 Å². The van der Waals surface area contributed by atoms with E-state index < -0.39 is 17.4 Å². The van der Waals surface area contributed by atoms with Gasteiger partial charge < -0.3 is 9.47 Å². The largest absolute Gasteiger partial charge is 0.437 e. The highest BCUT2D eigenvalue weighted by molar-refractivity contribution is 7.98. The number of nitrogens with one attached hydrogen (secondary N) is 2. The van der Waals surface area contributed by atoms with Crippen molar-refractivity contribution in [3.63, 3.8) is 0 Å². The van der Waals surface area contributed by atoms with Gasteiger partial charge in [-0.15, -0.1) is 5.10 Å². The van der Waals surface area contributed by atoms with Crippen molar-refractivity contribution in [3.05, 3.63) is 65.7 Å². The van der Waals surface area contributed by atoms with E-state index >= 15 is 0 Å². The number of ether oxygens (including phenoxy) is 2. The molecule has 1 aliphatic rings. The number of pyridine rings is 1. The van der Waals surface area contributed by atoms with Crippen LogP contribution < -0.4 is 18.9 Å². The van der Waals surface area contributed by atoms with E-state index in [1.54, 1.807) is 43.6 Å². The van der Waals surface area contributed by atoms with E-state index in [1.165, 1.54) is 11.1 Å². The smallest absolute Gasteiger partial charge is 0.416 e. The van der Waals surface area contributed by atoms with Gasteiger partial charge in [0.2, 0.25) is 5.88 Å². The number of anilines is 1. The van der Waals surface area contributed by atoms with Crippen LogP contribution in [0.15, 0.2) is 48.8 Å². The summed E-state index contributed by atoms with van der Waals surface area (Å²) < 4.78 is 31.7. The molecule has 0 bridgehead atoms. The van der Waals surface area contributed by atoms with Crippen LogP contribution in [0.3, 0.4) is 0 Å². The highest BCUT2D eigenvalue weighted by Gasteiger charge is 2.41. The van der Waals surface area contributed by atoms with Crippen molar-refractivity contribution < 1.29 is 18.7 Å². The van der Waals surface area contributed by atoms with Gasteiger partial charge in [0.1, 0.15) is 11.5 Å². The summed E-state index contributed by atoms with van der Waals surface area (Å²) in [6.45, 7) is 3.77. The number of nitrogens with zero attached hydrogens (tertiary/aromatic N) is 4. The predicted molar refractivity (Wildman–Crippen MR) is 118 cm³/mol. The van der Waals surface area contributed by atoms with E-state index in [-0.39, 0.29) is 12.4 Å². The summed E-state index contributed by atoms with van der Waals surface area (Å²) >= 11 is 1.10. The number of rotatable bonds is 7. The molecule has 1 amide bonds. The average Bonchev–Trinajstić information content (AvgIpc) is 2.77. The van der Waals surface area contributed by atoms with E-state index in [4.69, 9.17) is 9.47 Å².